The van der Waals surface area contributed by atoms with Crippen LogP contribution in [0.15, 0.2) is 82.7 Å². The van der Waals surface area contributed by atoms with E-state index in [9.17, 15) is 18.0 Å². The number of nitrogens with zero attached hydrogens (tertiary/aromatic N) is 2. The summed E-state index contributed by atoms with van der Waals surface area (Å²) in [6.45, 7) is 0. The molecule has 0 amide bonds. The SMILES string of the molecule is COc1ccccc1-n1c(SCc2ccccc2C(F)(F)F)nc2ccccc2c1=O. The largest absolute Gasteiger partial charge is 0.495 e. The minimum absolute atomic E-state index is 0.00435. The topological polar surface area (TPSA) is 44.1 Å². The van der Waals surface area contributed by atoms with Gasteiger partial charge in [0.2, 0.25) is 0 Å². The fourth-order valence-electron chi connectivity index (χ4n) is 3.30. The summed E-state index contributed by atoms with van der Waals surface area (Å²) in [4.78, 5) is 17.9. The Morgan fingerprint density at radius 3 is 2.42 bits per heavy atom. The molecule has 0 aliphatic rings. The van der Waals surface area contributed by atoms with Gasteiger partial charge in [-0.3, -0.25) is 9.36 Å². The van der Waals surface area contributed by atoms with Crippen LogP contribution in [0.25, 0.3) is 16.6 Å². The molecule has 4 nitrogen and oxygen atoms in total. The van der Waals surface area contributed by atoms with E-state index in [1.54, 1.807) is 54.6 Å². The van der Waals surface area contributed by atoms with Crippen molar-refractivity contribution in [2.24, 2.45) is 0 Å². The number of ether oxygens (including phenoxy) is 1. The number of hydrogen-bond acceptors (Lipinski definition) is 4. The molecule has 4 rings (SSSR count). The van der Waals surface area contributed by atoms with Gasteiger partial charge in [-0.05, 0) is 35.9 Å². The smallest absolute Gasteiger partial charge is 0.416 e. The molecule has 0 spiro atoms. The molecule has 31 heavy (non-hydrogen) atoms. The molecule has 158 valence electrons. The van der Waals surface area contributed by atoms with Crippen LogP contribution in [-0.4, -0.2) is 16.7 Å². The lowest BCUT2D eigenvalue weighted by Gasteiger charge is -2.17. The van der Waals surface area contributed by atoms with Crippen LogP contribution in [0.4, 0.5) is 13.2 Å². The highest BCUT2D eigenvalue weighted by atomic mass is 32.2. The second-order valence-corrected chi connectivity index (χ2v) is 7.61. The number of hydrogen-bond donors (Lipinski definition) is 0. The van der Waals surface area contributed by atoms with E-state index < -0.39 is 11.7 Å². The van der Waals surface area contributed by atoms with Crippen LogP contribution in [0.2, 0.25) is 0 Å². The first-order valence-electron chi connectivity index (χ1n) is 9.33. The number of halogens is 3. The molecule has 0 radical (unpaired) electrons. The monoisotopic (exact) mass is 442 g/mol. The maximum absolute atomic E-state index is 13.4. The summed E-state index contributed by atoms with van der Waals surface area (Å²) in [6, 6.07) is 19.2. The molecule has 0 N–H and O–H groups in total. The number of benzene rings is 3. The predicted molar refractivity (Wildman–Crippen MR) is 115 cm³/mol. The van der Waals surface area contributed by atoms with Gasteiger partial charge < -0.3 is 4.74 Å². The van der Waals surface area contributed by atoms with Gasteiger partial charge in [0.15, 0.2) is 5.16 Å². The second kappa shape index (κ2) is 8.47. The number of alkyl halides is 3. The second-order valence-electron chi connectivity index (χ2n) is 6.67. The highest BCUT2D eigenvalue weighted by Gasteiger charge is 2.33. The molecule has 0 aliphatic carbocycles. The zero-order valence-electron chi connectivity index (χ0n) is 16.4. The third kappa shape index (κ3) is 4.16. The van der Waals surface area contributed by atoms with Gasteiger partial charge in [-0.15, -0.1) is 0 Å². The predicted octanol–water partition coefficient (Wildman–Crippen LogP) is 5.71. The third-order valence-corrected chi connectivity index (χ3v) is 5.74. The van der Waals surface area contributed by atoms with Gasteiger partial charge in [0.25, 0.3) is 5.56 Å². The van der Waals surface area contributed by atoms with Gasteiger partial charge in [-0.1, -0.05) is 54.2 Å². The molecule has 8 heteroatoms. The molecule has 0 bridgehead atoms. The summed E-state index contributed by atoms with van der Waals surface area (Å²) >= 11 is 1.07. The molecule has 4 aromatic rings. The van der Waals surface area contributed by atoms with Crippen molar-refractivity contribution in [2.45, 2.75) is 17.1 Å². The van der Waals surface area contributed by atoms with E-state index in [-0.39, 0.29) is 22.0 Å². The van der Waals surface area contributed by atoms with Crippen molar-refractivity contribution < 1.29 is 17.9 Å². The minimum atomic E-state index is -4.46. The van der Waals surface area contributed by atoms with E-state index in [1.807, 2.05) is 0 Å². The lowest BCUT2D eigenvalue weighted by atomic mass is 10.1. The first kappa shape index (κ1) is 21.0. The van der Waals surface area contributed by atoms with Crippen LogP contribution in [0.5, 0.6) is 5.75 Å². The molecule has 0 aliphatic heterocycles. The van der Waals surface area contributed by atoms with Crippen molar-refractivity contribution in [3.63, 3.8) is 0 Å². The van der Waals surface area contributed by atoms with E-state index in [4.69, 9.17) is 4.74 Å². The Kier molecular flexibility index (Phi) is 5.73. The van der Waals surface area contributed by atoms with Gasteiger partial charge >= 0.3 is 6.18 Å². The third-order valence-electron chi connectivity index (χ3n) is 4.75. The van der Waals surface area contributed by atoms with E-state index in [0.29, 0.717) is 22.3 Å². The Morgan fingerprint density at radius 1 is 0.968 bits per heavy atom. The van der Waals surface area contributed by atoms with E-state index in [0.717, 1.165) is 17.8 Å². The molecular weight excluding hydrogens is 425 g/mol. The number of fused-ring (bicyclic) bond motifs is 1. The summed E-state index contributed by atoms with van der Waals surface area (Å²) in [7, 11) is 1.49. The van der Waals surface area contributed by atoms with E-state index >= 15 is 0 Å². The molecule has 1 aromatic heterocycles. The number of methoxy groups -OCH3 is 1. The maximum atomic E-state index is 13.4. The quantitative estimate of drug-likeness (QED) is 0.294. The van der Waals surface area contributed by atoms with Crippen LogP contribution in [-0.2, 0) is 11.9 Å². The molecule has 0 saturated carbocycles. The van der Waals surface area contributed by atoms with Crippen LogP contribution in [0.1, 0.15) is 11.1 Å². The lowest BCUT2D eigenvalue weighted by molar-refractivity contribution is -0.138. The number of thioether (sulfide) groups is 1. The van der Waals surface area contributed by atoms with Gasteiger partial charge in [0.05, 0.1) is 29.3 Å². The Hall–Kier alpha value is -3.26. The molecule has 0 saturated heterocycles. The van der Waals surface area contributed by atoms with Crippen molar-refractivity contribution in [2.75, 3.05) is 7.11 Å². The number of para-hydroxylation sites is 3. The molecule has 1 heterocycles. The summed E-state index contributed by atoms with van der Waals surface area (Å²) in [6.07, 6.45) is -4.46. The fraction of sp³-hybridized carbons (Fsp3) is 0.130. The standard InChI is InChI=1S/C23H17F3N2O2S/c1-30-20-13-7-6-12-19(20)28-21(29)16-9-3-5-11-18(16)27-22(28)31-14-15-8-2-4-10-17(15)23(24,25)26/h2-13H,14H2,1H3. The number of rotatable bonds is 5. The Balaban J connectivity index is 1.86. The molecule has 3 aromatic carbocycles. The van der Waals surface area contributed by atoms with Crippen LogP contribution >= 0.6 is 11.8 Å². The summed E-state index contributed by atoms with van der Waals surface area (Å²) in [5.74, 6) is 0.453. The van der Waals surface area contributed by atoms with Gasteiger partial charge in [0, 0.05) is 5.75 Å². The first-order valence-corrected chi connectivity index (χ1v) is 10.3. The van der Waals surface area contributed by atoms with Crippen molar-refractivity contribution in [3.05, 3.63) is 94.3 Å². The zero-order chi connectivity index (χ0) is 22.0. The van der Waals surface area contributed by atoms with Crippen molar-refractivity contribution in [3.8, 4) is 11.4 Å². The highest BCUT2D eigenvalue weighted by molar-refractivity contribution is 7.98. The van der Waals surface area contributed by atoms with Crippen molar-refractivity contribution in [1.82, 2.24) is 9.55 Å². The summed E-state index contributed by atoms with van der Waals surface area (Å²) < 4.78 is 47.0. The Bertz CT molecular complexity index is 1300. The average Bonchev–Trinajstić information content (AvgIpc) is 2.77. The number of aromatic nitrogens is 2. The zero-order valence-corrected chi connectivity index (χ0v) is 17.2. The Labute approximate surface area is 180 Å². The Morgan fingerprint density at radius 2 is 1.65 bits per heavy atom. The van der Waals surface area contributed by atoms with Gasteiger partial charge in [0.1, 0.15) is 5.75 Å². The fourth-order valence-corrected chi connectivity index (χ4v) is 4.31. The van der Waals surface area contributed by atoms with Crippen molar-refractivity contribution in [1.29, 1.82) is 0 Å². The maximum Gasteiger partial charge on any atom is 0.416 e. The lowest BCUT2D eigenvalue weighted by Crippen LogP contribution is -2.22. The minimum Gasteiger partial charge on any atom is -0.495 e. The first-order chi connectivity index (χ1) is 14.9. The van der Waals surface area contributed by atoms with Crippen LogP contribution in [0, 0.1) is 0 Å². The summed E-state index contributed by atoms with van der Waals surface area (Å²) in [5, 5.41) is 0.693. The van der Waals surface area contributed by atoms with Crippen LogP contribution in [0.3, 0.4) is 0 Å². The summed E-state index contributed by atoms with van der Waals surface area (Å²) in [5.41, 5.74) is 0.0512. The van der Waals surface area contributed by atoms with Crippen LogP contribution < -0.4 is 10.3 Å². The molecule has 0 atom stereocenters. The molecular formula is C23H17F3N2O2S. The normalized spacial score (nSPS) is 11.6. The van der Waals surface area contributed by atoms with E-state index in [1.165, 1.54) is 23.8 Å². The van der Waals surface area contributed by atoms with Gasteiger partial charge in [-0.2, -0.15) is 13.2 Å². The highest BCUT2D eigenvalue weighted by Crippen LogP contribution is 2.35. The van der Waals surface area contributed by atoms with Gasteiger partial charge in [-0.25, -0.2) is 4.98 Å². The molecule has 0 unspecified atom stereocenters. The van der Waals surface area contributed by atoms with E-state index in [2.05, 4.69) is 4.98 Å². The average molecular weight is 442 g/mol. The van der Waals surface area contributed by atoms with Crippen molar-refractivity contribution >= 4 is 22.7 Å². The molecule has 0 fully saturated rings.